The Morgan fingerprint density at radius 1 is 1.38 bits per heavy atom. The minimum absolute atomic E-state index is 0.152. The zero-order chi connectivity index (χ0) is 15.1. The summed E-state index contributed by atoms with van der Waals surface area (Å²) in [6.45, 7) is 4.40. The Morgan fingerprint density at radius 2 is 2.24 bits per heavy atom. The first kappa shape index (κ1) is 15.7. The number of hydrogen-bond donors (Lipinski definition) is 1. The maximum Gasteiger partial charge on any atom is 0.241 e. The topological polar surface area (TPSA) is 57.7 Å². The number of methoxy groups -OCH3 is 1. The molecule has 0 spiro atoms. The second-order valence-corrected chi connectivity index (χ2v) is 5.28. The molecule has 1 amide bonds. The van der Waals surface area contributed by atoms with Gasteiger partial charge in [-0.1, -0.05) is 6.07 Å². The van der Waals surface area contributed by atoms with E-state index in [0.29, 0.717) is 13.2 Å². The molecule has 1 aliphatic heterocycles. The van der Waals surface area contributed by atoms with Crippen molar-refractivity contribution in [3.05, 3.63) is 23.9 Å². The van der Waals surface area contributed by atoms with Crippen LogP contribution in [0.1, 0.15) is 12.0 Å². The van der Waals surface area contributed by atoms with Gasteiger partial charge in [0.05, 0.1) is 13.2 Å². The summed E-state index contributed by atoms with van der Waals surface area (Å²) in [5.41, 5.74) is 1.13. The van der Waals surface area contributed by atoms with Gasteiger partial charge < -0.3 is 19.9 Å². The highest BCUT2D eigenvalue weighted by Gasteiger charge is 2.19. The molecule has 21 heavy (non-hydrogen) atoms. The molecule has 1 saturated heterocycles. The third kappa shape index (κ3) is 4.68. The number of ether oxygens (including phenoxy) is 1. The highest BCUT2D eigenvalue weighted by Crippen LogP contribution is 2.14. The summed E-state index contributed by atoms with van der Waals surface area (Å²) < 4.78 is 4.99. The molecule has 0 unspecified atom stereocenters. The number of aromatic nitrogens is 1. The number of pyridine rings is 1. The predicted molar refractivity (Wildman–Crippen MR) is 82.3 cm³/mol. The molecule has 1 aromatic heterocycles. The third-order valence-corrected chi connectivity index (χ3v) is 3.62. The number of hydrogen-bond acceptors (Lipinski definition) is 5. The van der Waals surface area contributed by atoms with Crippen molar-refractivity contribution in [1.82, 2.24) is 15.2 Å². The van der Waals surface area contributed by atoms with E-state index in [0.717, 1.165) is 44.0 Å². The molecule has 1 aliphatic rings. The van der Waals surface area contributed by atoms with Crippen LogP contribution in [-0.4, -0.2) is 62.7 Å². The van der Waals surface area contributed by atoms with Gasteiger partial charge >= 0.3 is 0 Å². The van der Waals surface area contributed by atoms with Crippen LogP contribution >= 0.6 is 0 Å². The normalized spacial score (nSPS) is 16.2. The fourth-order valence-corrected chi connectivity index (χ4v) is 2.30. The van der Waals surface area contributed by atoms with Crippen molar-refractivity contribution in [2.75, 3.05) is 51.8 Å². The lowest BCUT2D eigenvalue weighted by molar-refractivity contribution is -0.127. The monoisotopic (exact) mass is 292 g/mol. The molecule has 1 aromatic rings. The van der Waals surface area contributed by atoms with Gasteiger partial charge in [-0.15, -0.1) is 0 Å². The van der Waals surface area contributed by atoms with Gasteiger partial charge in [-0.2, -0.15) is 0 Å². The van der Waals surface area contributed by atoms with Gasteiger partial charge in [-0.25, -0.2) is 4.98 Å². The van der Waals surface area contributed by atoms with Crippen LogP contribution in [0.25, 0.3) is 0 Å². The Balaban J connectivity index is 1.90. The SMILES string of the molecule is COCCNCc1ccc(N2CCCN(C)C(=O)C2)nc1. The fraction of sp³-hybridized carbons (Fsp3) is 0.600. The van der Waals surface area contributed by atoms with Gasteiger partial charge in [-0.3, -0.25) is 4.79 Å². The largest absolute Gasteiger partial charge is 0.383 e. The van der Waals surface area contributed by atoms with Gasteiger partial charge in [0, 0.05) is 46.5 Å². The summed E-state index contributed by atoms with van der Waals surface area (Å²) in [5.74, 6) is 1.03. The second kappa shape index (κ2) is 7.95. The highest BCUT2D eigenvalue weighted by atomic mass is 16.5. The van der Waals surface area contributed by atoms with E-state index < -0.39 is 0 Å². The van der Waals surface area contributed by atoms with Crippen LogP contribution in [0.2, 0.25) is 0 Å². The first-order valence-electron chi connectivity index (χ1n) is 7.34. The van der Waals surface area contributed by atoms with Crippen LogP contribution < -0.4 is 10.2 Å². The third-order valence-electron chi connectivity index (χ3n) is 3.62. The standard InChI is InChI=1S/C15H24N4O2/c1-18-7-3-8-19(12-15(18)20)14-5-4-13(11-17-14)10-16-6-9-21-2/h4-5,11,16H,3,6-10,12H2,1-2H3. The van der Waals surface area contributed by atoms with E-state index in [4.69, 9.17) is 4.74 Å². The van der Waals surface area contributed by atoms with Crippen LogP contribution in [0, 0.1) is 0 Å². The Morgan fingerprint density at radius 3 is 2.95 bits per heavy atom. The molecule has 2 heterocycles. The van der Waals surface area contributed by atoms with Crippen LogP contribution in [-0.2, 0) is 16.1 Å². The minimum Gasteiger partial charge on any atom is -0.383 e. The zero-order valence-corrected chi connectivity index (χ0v) is 12.8. The van der Waals surface area contributed by atoms with Crippen molar-refractivity contribution < 1.29 is 9.53 Å². The van der Waals surface area contributed by atoms with Crippen molar-refractivity contribution in [3.63, 3.8) is 0 Å². The van der Waals surface area contributed by atoms with Gasteiger partial charge in [0.25, 0.3) is 0 Å². The summed E-state index contributed by atoms with van der Waals surface area (Å²) in [5, 5.41) is 3.29. The molecule has 0 radical (unpaired) electrons. The first-order valence-corrected chi connectivity index (χ1v) is 7.34. The molecule has 1 fully saturated rings. The lowest BCUT2D eigenvalue weighted by Gasteiger charge is -2.20. The number of amides is 1. The highest BCUT2D eigenvalue weighted by molar-refractivity contribution is 5.81. The number of carbonyl (C=O) groups is 1. The number of nitrogens with one attached hydrogen (secondary N) is 1. The molecule has 2 rings (SSSR count). The minimum atomic E-state index is 0.152. The Bertz CT molecular complexity index is 449. The Kier molecular flexibility index (Phi) is 5.95. The molecule has 0 saturated carbocycles. The summed E-state index contributed by atoms with van der Waals surface area (Å²) >= 11 is 0. The van der Waals surface area contributed by atoms with Crippen molar-refractivity contribution in [3.8, 4) is 0 Å². The van der Waals surface area contributed by atoms with Crippen molar-refractivity contribution in [1.29, 1.82) is 0 Å². The summed E-state index contributed by atoms with van der Waals surface area (Å²) in [6, 6.07) is 4.05. The Labute approximate surface area is 126 Å². The number of anilines is 1. The van der Waals surface area contributed by atoms with E-state index in [1.165, 1.54) is 0 Å². The van der Waals surface area contributed by atoms with Gasteiger partial charge in [0.1, 0.15) is 5.82 Å². The van der Waals surface area contributed by atoms with Gasteiger partial charge in [0.15, 0.2) is 0 Å². The van der Waals surface area contributed by atoms with E-state index in [1.807, 2.05) is 24.2 Å². The lowest BCUT2D eigenvalue weighted by atomic mass is 10.2. The zero-order valence-electron chi connectivity index (χ0n) is 12.8. The molecule has 0 aromatic carbocycles. The fourth-order valence-electron chi connectivity index (χ4n) is 2.30. The Hall–Kier alpha value is -1.66. The molecule has 116 valence electrons. The lowest BCUT2D eigenvalue weighted by Crippen LogP contribution is -2.34. The molecule has 1 N–H and O–H groups in total. The van der Waals surface area contributed by atoms with Crippen LogP contribution in [0.3, 0.4) is 0 Å². The average Bonchev–Trinajstić information content (AvgIpc) is 2.66. The van der Waals surface area contributed by atoms with E-state index in [2.05, 4.69) is 16.4 Å². The van der Waals surface area contributed by atoms with Crippen molar-refractivity contribution >= 4 is 11.7 Å². The van der Waals surface area contributed by atoms with Crippen molar-refractivity contribution in [2.24, 2.45) is 0 Å². The second-order valence-electron chi connectivity index (χ2n) is 5.28. The number of rotatable bonds is 6. The molecule has 6 nitrogen and oxygen atoms in total. The number of likely N-dealkylation sites (N-methyl/N-ethyl adjacent to an activating group) is 1. The smallest absolute Gasteiger partial charge is 0.241 e. The summed E-state index contributed by atoms with van der Waals surface area (Å²) in [6.07, 6.45) is 2.85. The molecular formula is C15H24N4O2. The number of nitrogens with zero attached hydrogens (tertiary/aromatic N) is 3. The molecule has 0 atom stereocenters. The molecular weight excluding hydrogens is 268 g/mol. The van der Waals surface area contributed by atoms with Crippen LogP contribution in [0.4, 0.5) is 5.82 Å². The van der Waals surface area contributed by atoms with E-state index >= 15 is 0 Å². The molecule has 0 aliphatic carbocycles. The first-order chi connectivity index (χ1) is 10.2. The maximum absolute atomic E-state index is 11.9. The predicted octanol–water partition coefficient (Wildman–Crippen LogP) is 0.486. The quantitative estimate of drug-likeness (QED) is 0.773. The molecule has 6 heteroatoms. The van der Waals surface area contributed by atoms with Gasteiger partial charge in [0.2, 0.25) is 5.91 Å². The average molecular weight is 292 g/mol. The number of carbonyl (C=O) groups excluding carboxylic acids is 1. The van der Waals surface area contributed by atoms with Crippen LogP contribution in [0.5, 0.6) is 0 Å². The summed E-state index contributed by atoms with van der Waals surface area (Å²) in [4.78, 5) is 20.2. The maximum atomic E-state index is 11.9. The van der Waals surface area contributed by atoms with E-state index in [-0.39, 0.29) is 5.91 Å². The summed E-state index contributed by atoms with van der Waals surface area (Å²) in [7, 11) is 3.55. The van der Waals surface area contributed by atoms with E-state index in [9.17, 15) is 4.79 Å². The van der Waals surface area contributed by atoms with Crippen molar-refractivity contribution in [2.45, 2.75) is 13.0 Å². The van der Waals surface area contributed by atoms with Crippen LogP contribution in [0.15, 0.2) is 18.3 Å². The van der Waals surface area contributed by atoms with E-state index in [1.54, 1.807) is 12.0 Å². The molecule has 0 bridgehead atoms. The van der Waals surface area contributed by atoms with Gasteiger partial charge in [-0.05, 0) is 18.1 Å².